The third-order valence-electron chi connectivity index (χ3n) is 6.11. The van der Waals surface area contributed by atoms with Crippen molar-refractivity contribution in [3.8, 4) is 11.1 Å². The molecule has 5 rings (SSSR count). The fraction of sp³-hybridized carbons (Fsp3) is 0.269. The van der Waals surface area contributed by atoms with Crippen molar-refractivity contribution >= 4 is 28.2 Å². The van der Waals surface area contributed by atoms with Crippen molar-refractivity contribution in [1.82, 2.24) is 20.1 Å². The summed E-state index contributed by atoms with van der Waals surface area (Å²) in [5.41, 5.74) is 6.48. The lowest BCUT2D eigenvalue weighted by Crippen LogP contribution is -2.28. The predicted octanol–water partition coefficient (Wildman–Crippen LogP) is 4.78. The fourth-order valence-corrected chi connectivity index (χ4v) is 4.58. The van der Waals surface area contributed by atoms with Gasteiger partial charge in [0.25, 0.3) is 5.91 Å². The summed E-state index contributed by atoms with van der Waals surface area (Å²) in [7, 11) is 1.94. The average molecular weight is 426 g/mol. The predicted molar refractivity (Wildman–Crippen MR) is 128 cm³/mol. The average Bonchev–Trinajstić information content (AvgIpc) is 3.23. The van der Waals surface area contributed by atoms with E-state index in [1.54, 1.807) is 0 Å². The number of nitrogens with zero attached hydrogens (tertiary/aromatic N) is 4. The van der Waals surface area contributed by atoms with E-state index in [0.717, 1.165) is 41.5 Å². The van der Waals surface area contributed by atoms with Gasteiger partial charge in [0, 0.05) is 43.0 Å². The lowest BCUT2D eigenvalue weighted by Gasteiger charge is -2.32. The summed E-state index contributed by atoms with van der Waals surface area (Å²) in [5, 5.41) is 9.31. The Morgan fingerprint density at radius 3 is 2.81 bits per heavy atom. The monoisotopic (exact) mass is 425 g/mol. The lowest BCUT2D eigenvalue weighted by atomic mass is 9.93. The molecule has 1 amide bonds. The maximum absolute atomic E-state index is 12.6. The number of benzene rings is 2. The number of fused-ring (bicyclic) bond motifs is 2. The lowest BCUT2D eigenvalue weighted by molar-refractivity contribution is 0.0951. The van der Waals surface area contributed by atoms with Gasteiger partial charge in [-0.2, -0.15) is 5.10 Å². The van der Waals surface area contributed by atoms with Gasteiger partial charge in [-0.15, -0.1) is 0 Å². The third kappa shape index (κ3) is 3.51. The number of carbonyl (C=O) groups excluding carboxylic acids is 1. The van der Waals surface area contributed by atoms with Crippen molar-refractivity contribution in [1.29, 1.82) is 0 Å². The van der Waals surface area contributed by atoms with Crippen LogP contribution in [0.15, 0.2) is 54.9 Å². The smallest absolute Gasteiger partial charge is 0.269 e. The second kappa shape index (κ2) is 8.11. The highest BCUT2D eigenvalue weighted by Crippen LogP contribution is 2.39. The molecule has 0 aliphatic carbocycles. The van der Waals surface area contributed by atoms with E-state index in [-0.39, 0.29) is 5.91 Å². The van der Waals surface area contributed by atoms with E-state index < -0.39 is 0 Å². The number of hydrogen-bond acceptors (Lipinski definition) is 4. The summed E-state index contributed by atoms with van der Waals surface area (Å²) in [6.45, 7) is 5.51. The van der Waals surface area contributed by atoms with E-state index in [0.29, 0.717) is 12.2 Å². The fourth-order valence-electron chi connectivity index (χ4n) is 4.58. The van der Waals surface area contributed by atoms with Crippen LogP contribution in [0.5, 0.6) is 0 Å². The van der Waals surface area contributed by atoms with Crippen molar-refractivity contribution in [2.24, 2.45) is 7.05 Å². The van der Waals surface area contributed by atoms with Crippen LogP contribution in [0.4, 0.5) is 11.5 Å². The minimum atomic E-state index is -0.139. The van der Waals surface area contributed by atoms with Crippen LogP contribution in [-0.4, -0.2) is 33.8 Å². The molecular formula is C26H27N5O. The molecule has 32 heavy (non-hydrogen) atoms. The Hall–Kier alpha value is -3.67. The molecule has 6 nitrogen and oxygen atoms in total. The van der Waals surface area contributed by atoms with Gasteiger partial charge in [-0.05, 0) is 67.0 Å². The number of aryl methyl sites for hydroxylation is 3. The first-order chi connectivity index (χ1) is 15.5. The quantitative estimate of drug-likeness (QED) is 0.511. The normalized spacial score (nSPS) is 13.3. The van der Waals surface area contributed by atoms with E-state index in [1.165, 1.54) is 22.4 Å². The van der Waals surface area contributed by atoms with Gasteiger partial charge in [0.1, 0.15) is 11.5 Å². The Morgan fingerprint density at radius 2 is 2.03 bits per heavy atom. The summed E-state index contributed by atoms with van der Waals surface area (Å²) in [6, 6.07) is 14.6. The highest BCUT2D eigenvalue weighted by molar-refractivity contribution is 6.01. The summed E-state index contributed by atoms with van der Waals surface area (Å²) >= 11 is 0. The Morgan fingerprint density at radius 1 is 1.19 bits per heavy atom. The Kier molecular flexibility index (Phi) is 5.13. The number of hydrogen-bond donors (Lipinski definition) is 1. The Labute approximate surface area is 187 Å². The molecule has 6 heteroatoms. The molecule has 4 aromatic rings. The van der Waals surface area contributed by atoms with Gasteiger partial charge in [0.2, 0.25) is 0 Å². The van der Waals surface area contributed by atoms with Gasteiger partial charge in [0.15, 0.2) is 0 Å². The highest BCUT2D eigenvalue weighted by Gasteiger charge is 2.24. The SMILES string of the molecule is CCNC(=O)c1cc2ccccc2c(N2CCCc3cc(-c4cnn(C)c4)c(C)cc32)n1. The maximum Gasteiger partial charge on any atom is 0.269 e. The Bertz CT molecular complexity index is 1320. The number of aromatic nitrogens is 3. The molecule has 0 saturated carbocycles. The zero-order valence-electron chi connectivity index (χ0n) is 18.7. The van der Waals surface area contributed by atoms with Crippen LogP contribution in [0.2, 0.25) is 0 Å². The van der Waals surface area contributed by atoms with E-state index in [1.807, 2.05) is 49.1 Å². The molecule has 2 aromatic carbocycles. The molecule has 0 bridgehead atoms. The van der Waals surface area contributed by atoms with Crippen LogP contribution >= 0.6 is 0 Å². The van der Waals surface area contributed by atoms with Crippen LogP contribution in [0.3, 0.4) is 0 Å². The van der Waals surface area contributed by atoms with Crippen molar-refractivity contribution in [2.45, 2.75) is 26.7 Å². The highest BCUT2D eigenvalue weighted by atomic mass is 16.1. The van der Waals surface area contributed by atoms with E-state index in [2.05, 4.69) is 46.6 Å². The number of pyridine rings is 1. The van der Waals surface area contributed by atoms with Crippen LogP contribution in [0.25, 0.3) is 21.9 Å². The molecule has 0 spiro atoms. The number of carbonyl (C=O) groups is 1. The number of nitrogens with one attached hydrogen (secondary N) is 1. The molecular weight excluding hydrogens is 398 g/mol. The summed E-state index contributed by atoms with van der Waals surface area (Å²) in [6.07, 6.45) is 6.03. The van der Waals surface area contributed by atoms with Gasteiger partial charge in [-0.25, -0.2) is 4.98 Å². The molecule has 0 fully saturated rings. The van der Waals surface area contributed by atoms with Crippen molar-refractivity contribution in [3.63, 3.8) is 0 Å². The second-order valence-corrected chi connectivity index (χ2v) is 8.37. The number of anilines is 2. The van der Waals surface area contributed by atoms with Crippen LogP contribution in [0.1, 0.15) is 35.0 Å². The molecule has 0 atom stereocenters. The summed E-state index contributed by atoms with van der Waals surface area (Å²) in [5.74, 6) is 0.707. The van der Waals surface area contributed by atoms with Crippen LogP contribution < -0.4 is 10.2 Å². The van der Waals surface area contributed by atoms with Crippen LogP contribution in [-0.2, 0) is 13.5 Å². The summed E-state index contributed by atoms with van der Waals surface area (Å²) in [4.78, 5) is 19.8. The molecule has 0 radical (unpaired) electrons. The first-order valence-electron chi connectivity index (χ1n) is 11.1. The summed E-state index contributed by atoms with van der Waals surface area (Å²) < 4.78 is 1.84. The topological polar surface area (TPSA) is 63.1 Å². The zero-order chi connectivity index (χ0) is 22.2. The third-order valence-corrected chi connectivity index (χ3v) is 6.11. The van der Waals surface area contributed by atoms with Crippen molar-refractivity contribution in [2.75, 3.05) is 18.0 Å². The molecule has 3 heterocycles. The first-order valence-corrected chi connectivity index (χ1v) is 11.1. The van der Waals surface area contributed by atoms with Crippen molar-refractivity contribution in [3.05, 3.63) is 71.7 Å². The number of amides is 1. The largest absolute Gasteiger partial charge is 0.351 e. The van der Waals surface area contributed by atoms with E-state index >= 15 is 0 Å². The van der Waals surface area contributed by atoms with Gasteiger partial charge in [-0.1, -0.05) is 24.3 Å². The Balaban J connectivity index is 1.66. The molecule has 162 valence electrons. The minimum absolute atomic E-state index is 0.139. The number of rotatable bonds is 4. The van der Waals surface area contributed by atoms with Gasteiger partial charge >= 0.3 is 0 Å². The standard InChI is InChI=1S/C26H27N5O/c1-4-27-26(32)23-14-18-8-5-6-10-21(18)25(29-23)31-11-7-9-19-13-22(17(2)12-24(19)31)20-15-28-30(3)16-20/h5-6,8,10,12-16H,4,7,9,11H2,1-3H3,(H,27,32). The molecule has 0 saturated heterocycles. The minimum Gasteiger partial charge on any atom is -0.351 e. The zero-order valence-corrected chi connectivity index (χ0v) is 18.7. The van der Waals surface area contributed by atoms with Gasteiger partial charge < -0.3 is 10.2 Å². The second-order valence-electron chi connectivity index (χ2n) is 8.37. The molecule has 1 N–H and O–H groups in total. The van der Waals surface area contributed by atoms with Gasteiger partial charge in [-0.3, -0.25) is 9.48 Å². The van der Waals surface area contributed by atoms with Gasteiger partial charge in [0.05, 0.1) is 6.20 Å². The molecule has 1 aliphatic heterocycles. The molecule has 2 aromatic heterocycles. The molecule has 0 unspecified atom stereocenters. The van der Waals surface area contributed by atoms with E-state index in [4.69, 9.17) is 4.98 Å². The maximum atomic E-state index is 12.6. The van der Waals surface area contributed by atoms with Crippen LogP contribution in [0, 0.1) is 6.92 Å². The van der Waals surface area contributed by atoms with E-state index in [9.17, 15) is 4.79 Å². The molecule has 1 aliphatic rings. The van der Waals surface area contributed by atoms with Crippen molar-refractivity contribution < 1.29 is 4.79 Å². The first kappa shape index (κ1) is 20.2.